The lowest BCUT2D eigenvalue weighted by Crippen LogP contribution is -2.12. The standard InChI is InChI=1S/C16H12ClNO4/c1-22-16(21)12-4-2-11(3-5-12)15(20)18-13-8-6-10(7-9-13)14(17)19/h2-9H,1H3,(H,18,20). The van der Waals surface area contributed by atoms with Crippen LogP contribution in [0, 0.1) is 0 Å². The van der Waals surface area contributed by atoms with Crippen molar-refractivity contribution in [2.75, 3.05) is 12.4 Å². The molecule has 1 N–H and O–H groups in total. The number of methoxy groups -OCH3 is 1. The molecule has 0 fully saturated rings. The number of anilines is 1. The van der Waals surface area contributed by atoms with E-state index in [1.807, 2.05) is 0 Å². The van der Waals surface area contributed by atoms with Gasteiger partial charge in [0.2, 0.25) is 0 Å². The topological polar surface area (TPSA) is 72.5 Å². The third-order valence-corrected chi connectivity index (χ3v) is 3.16. The average Bonchev–Trinajstić information content (AvgIpc) is 2.54. The molecule has 112 valence electrons. The molecule has 0 saturated carbocycles. The van der Waals surface area contributed by atoms with Crippen LogP contribution in [0.5, 0.6) is 0 Å². The van der Waals surface area contributed by atoms with Crippen LogP contribution >= 0.6 is 11.6 Å². The predicted octanol–water partition coefficient (Wildman–Crippen LogP) is 3.10. The molecule has 0 saturated heterocycles. The van der Waals surface area contributed by atoms with Crippen LogP contribution in [0.1, 0.15) is 31.1 Å². The highest BCUT2D eigenvalue weighted by molar-refractivity contribution is 6.67. The molecule has 0 aliphatic carbocycles. The first-order chi connectivity index (χ1) is 10.5. The lowest BCUT2D eigenvalue weighted by atomic mass is 10.1. The molecule has 6 heteroatoms. The van der Waals surface area contributed by atoms with Gasteiger partial charge in [0.15, 0.2) is 0 Å². The van der Waals surface area contributed by atoms with Crippen molar-refractivity contribution >= 4 is 34.4 Å². The average molecular weight is 318 g/mol. The van der Waals surface area contributed by atoms with Crippen molar-refractivity contribution in [3.05, 3.63) is 65.2 Å². The second kappa shape index (κ2) is 6.87. The van der Waals surface area contributed by atoms with Crippen LogP contribution in [0.15, 0.2) is 48.5 Å². The Labute approximate surface area is 131 Å². The molecule has 2 rings (SSSR count). The smallest absolute Gasteiger partial charge is 0.337 e. The van der Waals surface area contributed by atoms with E-state index >= 15 is 0 Å². The highest BCUT2D eigenvalue weighted by atomic mass is 35.5. The Morgan fingerprint density at radius 2 is 1.36 bits per heavy atom. The number of nitrogens with one attached hydrogen (secondary N) is 1. The van der Waals surface area contributed by atoms with E-state index in [1.54, 1.807) is 12.1 Å². The van der Waals surface area contributed by atoms with E-state index in [0.717, 1.165) is 0 Å². The van der Waals surface area contributed by atoms with Crippen LogP contribution in [-0.2, 0) is 4.74 Å². The molecule has 0 unspecified atom stereocenters. The number of esters is 1. The summed E-state index contributed by atoms with van der Waals surface area (Å²) in [5.41, 5.74) is 1.64. The van der Waals surface area contributed by atoms with E-state index in [9.17, 15) is 14.4 Å². The van der Waals surface area contributed by atoms with Gasteiger partial charge in [-0.3, -0.25) is 9.59 Å². The van der Waals surface area contributed by atoms with E-state index in [2.05, 4.69) is 10.1 Å². The Hall–Kier alpha value is -2.66. The van der Waals surface area contributed by atoms with Crippen molar-refractivity contribution in [1.82, 2.24) is 0 Å². The summed E-state index contributed by atoms with van der Waals surface area (Å²) in [6.45, 7) is 0. The van der Waals surface area contributed by atoms with E-state index in [-0.39, 0.29) is 5.91 Å². The van der Waals surface area contributed by atoms with E-state index in [4.69, 9.17) is 11.6 Å². The summed E-state index contributed by atoms with van der Waals surface area (Å²) in [6.07, 6.45) is 0. The molecular formula is C16H12ClNO4. The van der Waals surface area contributed by atoms with Gasteiger partial charge in [0.25, 0.3) is 11.1 Å². The molecule has 0 heterocycles. The van der Waals surface area contributed by atoms with E-state index in [1.165, 1.54) is 43.5 Å². The quantitative estimate of drug-likeness (QED) is 0.694. The maximum atomic E-state index is 12.1. The van der Waals surface area contributed by atoms with Gasteiger partial charge in [-0.2, -0.15) is 0 Å². The number of rotatable bonds is 4. The first kappa shape index (κ1) is 15.7. The van der Waals surface area contributed by atoms with Crippen molar-refractivity contribution < 1.29 is 19.1 Å². The lowest BCUT2D eigenvalue weighted by Gasteiger charge is -2.06. The molecule has 0 aromatic heterocycles. The van der Waals surface area contributed by atoms with Gasteiger partial charge in [-0.1, -0.05) is 0 Å². The molecule has 2 aromatic carbocycles. The fourth-order valence-electron chi connectivity index (χ4n) is 1.76. The maximum Gasteiger partial charge on any atom is 0.337 e. The normalized spacial score (nSPS) is 9.91. The molecule has 0 aliphatic rings. The molecule has 0 bridgehead atoms. The van der Waals surface area contributed by atoms with Gasteiger partial charge in [-0.05, 0) is 60.1 Å². The molecule has 22 heavy (non-hydrogen) atoms. The molecule has 5 nitrogen and oxygen atoms in total. The van der Waals surface area contributed by atoms with Gasteiger partial charge in [-0.25, -0.2) is 4.79 Å². The van der Waals surface area contributed by atoms with Crippen LogP contribution in [-0.4, -0.2) is 24.2 Å². The SMILES string of the molecule is COC(=O)c1ccc(C(=O)Nc2ccc(C(=O)Cl)cc2)cc1. The summed E-state index contributed by atoms with van der Waals surface area (Å²) < 4.78 is 4.58. The van der Waals surface area contributed by atoms with Gasteiger partial charge in [0, 0.05) is 16.8 Å². The fraction of sp³-hybridized carbons (Fsp3) is 0.0625. The minimum absolute atomic E-state index is 0.332. The number of amides is 1. The summed E-state index contributed by atoms with van der Waals surface area (Å²) in [5, 5.41) is 2.12. The third-order valence-electron chi connectivity index (χ3n) is 2.94. The second-order valence-corrected chi connectivity index (χ2v) is 4.72. The zero-order valence-electron chi connectivity index (χ0n) is 11.6. The predicted molar refractivity (Wildman–Crippen MR) is 82.4 cm³/mol. The van der Waals surface area contributed by atoms with Gasteiger partial charge >= 0.3 is 5.97 Å². The molecule has 0 spiro atoms. The van der Waals surface area contributed by atoms with E-state index < -0.39 is 11.2 Å². The minimum Gasteiger partial charge on any atom is -0.465 e. The van der Waals surface area contributed by atoms with Crippen molar-refractivity contribution in [3.8, 4) is 0 Å². The Balaban J connectivity index is 2.08. The number of benzene rings is 2. The van der Waals surface area contributed by atoms with Crippen LogP contribution in [0.3, 0.4) is 0 Å². The van der Waals surface area contributed by atoms with Crippen molar-refractivity contribution in [1.29, 1.82) is 0 Å². The largest absolute Gasteiger partial charge is 0.465 e. The fourth-order valence-corrected chi connectivity index (χ4v) is 1.89. The Morgan fingerprint density at radius 1 is 0.864 bits per heavy atom. The summed E-state index contributed by atoms with van der Waals surface area (Å²) in [5.74, 6) is -0.797. The van der Waals surface area contributed by atoms with Crippen molar-refractivity contribution in [3.63, 3.8) is 0 Å². The third kappa shape index (κ3) is 3.71. The summed E-state index contributed by atoms with van der Waals surface area (Å²) in [7, 11) is 1.29. The van der Waals surface area contributed by atoms with Gasteiger partial charge in [-0.15, -0.1) is 0 Å². The number of halogens is 1. The number of ether oxygens (including phenoxy) is 1. The Morgan fingerprint density at radius 3 is 1.86 bits per heavy atom. The minimum atomic E-state index is -0.559. The zero-order chi connectivity index (χ0) is 16.1. The number of hydrogen-bond acceptors (Lipinski definition) is 4. The highest BCUT2D eigenvalue weighted by Gasteiger charge is 2.09. The van der Waals surface area contributed by atoms with Gasteiger partial charge in [0.1, 0.15) is 0 Å². The van der Waals surface area contributed by atoms with Crippen molar-refractivity contribution in [2.24, 2.45) is 0 Å². The van der Waals surface area contributed by atoms with E-state index in [0.29, 0.717) is 22.4 Å². The molecular weight excluding hydrogens is 306 g/mol. The molecule has 2 aromatic rings. The molecule has 1 amide bonds. The van der Waals surface area contributed by atoms with Crippen LogP contribution < -0.4 is 5.32 Å². The number of hydrogen-bond donors (Lipinski definition) is 1. The maximum absolute atomic E-state index is 12.1. The molecule has 0 atom stereocenters. The summed E-state index contributed by atoms with van der Waals surface area (Å²) >= 11 is 5.35. The Kier molecular flexibility index (Phi) is 4.91. The highest BCUT2D eigenvalue weighted by Crippen LogP contribution is 2.13. The van der Waals surface area contributed by atoms with Crippen LogP contribution in [0.4, 0.5) is 5.69 Å². The first-order valence-electron chi connectivity index (χ1n) is 6.31. The zero-order valence-corrected chi connectivity index (χ0v) is 12.4. The second-order valence-electron chi connectivity index (χ2n) is 4.37. The monoisotopic (exact) mass is 317 g/mol. The summed E-state index contributed by atoms with van der Waals surface area (Å²) in [4.78, 5) is 34.3. The van der Waals surface area contributed by atoms with Crippen molar-refractivity contribution in [2.45, 2.75) is 0 Å². The lowest BCUT2D eigenvalue weighted by molar-refractivity contribution is 0.0600. The number of carbonyl (C=O) groups excluding carboxylic acids is 3. The molecule has 0 radical (unpaired) electrons. The Bertz CT molecular complexity index is 708. The first-order valence-corrected chi connectivity index (χ1v) is 6.68. The van der Waals surface area contributed by atoms with Crippen LogP contribution in [0.25, 0.3) is 0 Å². The van der Waals surface area contributed by atoms with Crippen LogP contribution in [0.2, 0.25) is 0 Å². The van der Waals surface area contributed by atoms with Gasteiger partial charge in [0.05, 0.1) is 12.7 Å². The number of carbonyl (C=O) groups is 3. The summed E-state index contributed by atoms with van der Waals surface area (Å²) in [6, 6.07) is 12.3. The molecule has 0 aliphatic heterocycles. The van der Waals surface area contributed by atoms with Gasteiger partial charge < -0.3 is 10.1 Å².